The number of carbonyl (C=O) groups excluding carboxylic acids is 2. The summed E-state index contributed by atoms with van der Waals surface area (Å²) in [6.07, 6.45) is 3.55. The minimum absolute atomic E-state index is 0.114. The number of H-pyrrole nitrogens is 1. The highest BCUT2D eigenvalue weighted by Gasteiger charge is 2.28. The summed E-state index contributed by atoms with van der Waals surface area (Å²) in [4.78, 5) is 31.1. The van der Waals surface area contributed by atoms with Crippen molar-refractivity contribution in [2.24, 2.45) is 0 Å². The minimum Gasteiger partial charge on any atom is -0.361 e. The second kappa shape index (κ2) is 10.4. The van der Waals surface area contributed by atoms with Crippen molar-refractivity contribution >= 4 is 45.1 Å². The van der Waals surface area contributed by atoms with Crippen molar-refractivity contribution in [3.8, 4) is 11.1 Å². The van der Waals surface area contributed by atoms with Crippen LogP contribution in [0.4, 0.5) is 5.69 Å². The maximum Gasteiger partial charge on any atom is 0.256 e. The highest BCUT2D eigenvalue weighted by molar-refractivity contribution is 9.10. The third kappa shape index (κ3) is 4.86. The van der Waals surface area contributed by atoms with Gasteiger partial charge in [-0.3, -0.25) is 9.59 Å². The van der Waals surface area contributed by atoms with E-state index in [0.717, 1.165) is 57.7 Å². The lowest BCUT2D eigenvalue weighted by atomic mass is 9.94. The second-order valence-electron chi connectivity index (χ2n) is 8.27. The van der Waals surface area contributed by atoms with E-state index < -0.39 is 0 Å². The Morgan fingerprint density at radius 3 is 2.65 bits per heavy atom. The molecule has 0 saturated heterocycles. The van der Waals surface area contributed by atoms with Crippen LogP contribution < -0.4 is 10.6 Å². The Labute approximate surface area is 208 Å². The average molecular weight is 521 g/mol. The van der Waals surface area contributed by atoms with Gasteiger partial charge in [-0.15, -0.1) is 0 Å². The number of nitrogens with zero attached hydrogens (tertiary/aromatic N) is 1. The molecule has 176 valence electrons. The van der Waals surface area contributed by atoms with Crippen LogP contribution in [0, 0.1) is 6.92 Å². The summed E-state index contributed by atoms with van der Waals surface area (Å²) in [7, 11) is 0. The lowest BCUT2D eigenvalue weighted by Crippen LogP contribution is -2.34. The number of hydrogen-bond acceptors (Lipinski definition) is 3. The number of fused-ring (bicyclic) bond motifs is 1. The summed E-state index contributed by atoms with van der Waals surface area (Å²) in [6, 6.07) is 13.9. The molecule has 0 spiro atoms. The molecule has 6 nitrogen and oxygen atoms in total. The topological polar surface area (TPSA) is 77.2 Å². The van der Waals surface area contributed by atoms with E-state index in [-0.39, 0.29) is 11.8 Å². The molecule has 0 saturated carbocycles. The summed E-state index contributed by atoms with van der Waals surface area (Å²) in [5.74, 6) is -0.270. The highest BCUT2D eigenvalue weighted by atomic mass is 79.9. The van der Waals surface area contributed by atoms with Crippen molar-refractivity contribution in [1.29, 1.82) is 0 Å². The monoisotopic (exact) mass is 520 g/mol. The third-order valence-corrected chi connectivity index (χ3v) is 6.78. The first-order valence-corrected chi connectivity index (χ1v) is 12.3. The fourth-order valence-electron chi connectivity index (χ4n) is 4.29. The van der Waals surface area contributed by atoms with Crippen LogP contribution in [0.3, 0.4) is 0 Å². The second-order valence-corrected chi connectivity index (χ2v) is 9.19. The summed E-state index contributed by atoms with van der Waals surface area (Å²) in [6.45, 7) is 9.44. The Morgan fingerprint density at radius 2 is 1.91 bits per heavy atom. The molecule has 1 aliphatic rings. The van der Waals surface area contributed by atoms with Gasteiger partial charge in [0.1, 0.15) is 0 Å². The van der Waals surface area contributed by atoms with Gasteiger partial charge in [-0.1, -0.05) is 54.0 Å². The number of nitrogens with one attached hydrogen (secondary N) is 3. The first-order valence-electron chi connectivity index (χ1n) is 11.5. The number of aromatic nitrogens is 1. The van der Waals surface area contributed by atoms with E-state index in [0.29, 0.717) is 17.7 Å². The molecule has 0 aliphatic carbocycles. The van der Waals surface area contributed by atoms with E-state index in [2.05, 4.69) is 50.3 Å². The molecular weight excluding hydrogens is 492 g/mol. The van der Waals surface area contributed by atoms with Crippen LogP contribution in [-0.4, -0.2) is 47.9 Å². The maximum absolute atomic E-state index is 12.9. The predicted octanol–water partition coefficient (Wildman–Crippen LogP) is 5.32. The molecule has 7 heteroatoms. The number of likely N-dealkylation sites (N-methyl/N-ethyl adjacent to an activating group) is 1. The van der Waals surface area contributed by atoms with Gasteiger partial charge in [0, 0.05) is 40.7 Å². The zero-order chi connectivity index (χ0) is 24.2. The molecule has 0 bridgehead atoms. The molecule has 0 fully saturated rings. The quantitative estimate of drug-likeness (QED) is 0.352. The van der Waals surface area contributed by atoms with E-state index in [1.165, 1.54) is 0 Å². The number of halogens is 1. The van der Waals surface area contributed by atoms with Crippen LogP contribution in [0.15, 0.2) is 53.1 Å². The minimum atomic E-state index is -0.156. The molecule has 2 amide bonds. The van der Waals surface area contributed by atoms with Crippen molar-refractivity contribution in [3.05, 3.63) is 75.5 Å². The molecule has 0 atom stereocenters. The Kier molecular flexibility index (Phi) is 7.34. The number of benzene rings is 2. The van der Waals surface area contributed by atoms with Crippen molar-refractivity contribution in [3.63, 3.8) is 0 Å². The molecule has 2 aromatic carbocycles. The van der Waals surface area contributed by atoms with Gasteiger partial charge in [-0.25, -0.2) is 0 Å². The van der Waals surface area contributed by atoms with E-state index in [1.807, 2.05) is 55.5 Å². The number of rotatable bonds is 8. The van der Waals surface area contributed by atoms with E-state index in [4.69, 9.17) is 0 Å². The Hall–Kier alpha value is -3.16. The number of aromatic amines is 1. The van der Waals surface area contributed by atoms with Gasteiger partial charge < -0.3 is 20.5 Å². The van der Waals surface area contributed by atoms with Crippen LogP contribution in [0.2, 0.25) is 0 Å². The number of hydrogen-bond donors (Lipinski definition) is 3. The number of anilines is 1. The largest absolute Gasteiger partial charge is 0.361 e. The van der Waals surface area contributed by atoms with Crippen molar-refractivity contribution < 1.29 is 9.59 Å². The van der Waals surface area contributed by atoms with E-state index >= 15 is 0 Å². The van der Waals surface area contributed by atoms with E-state index in [1.54, 1.807) is 6.20 Å². The normalized spacial score (nSPS) is 13.9. The van der Waals surface area contributed by atoms with Gasteiger partial charge in [0.2, 0.25) is 0 Å². The first-order chi connectivity index (χ1) is 16.4. The standard InChI is InChI=1S/C27H29BrN4O2/c1-4-32(5-2)13-12-29-26(33)22-16-30-24(17(22)3)15-21-25-20(18-8-6-9-19(28)14-18)10-7-11-23(25)31-27(21)34/h6-11,14-16,30H,4-5,12-13H2,1-3H3,(H,29,33)(H,31,34)/b21-15-. The molecule has 0 radical (unpaired) electrons. The Balaban J connectivity index is 1.63. The molecule has 1 aromatic heterocycles. The fraction of sp³-hybridized carbons (Fsp3) is 0.259. The van der Waals surface area contributed by atoms with Gasteiger partial charge in [0.05, 0.1) is 11.1 Å². The molecule has 1 aliphatic heterocycles. The molecule has 34 heavy (non-hydrogen) atoms. The fourth-order valence-corrected chi connectivity index (χ4v) is 4.69. The molecular formula is C27H29BrN4O2. The maximum atomic E-state index is 12.9. The molecule has 4 rings (SSSR count). The first kappa shape index (κ1) is 24.0. The SMILES string of the molecule is CCN(CC)CCNC(=O)c1c[nH]c(/C=C2\C(=O)Nc3cccc(-c4cccc(Br)c4)c32)c1C. The summed E-state index contributed by atoms with van der Waals surface area (Å²) in [5.41, 5.74) is 6.36. The van der Waals surface area contributed by atoms with Gasteiger partial charge in [0.15, 0.2) is 0 Å². The molecule has 2 heterocycles. The lowest BCUT2D eigenvalue weighted by molar-refractivity contribution is -0.110. The lowest BCUT2D eigenvalue weighted by Gasteiger charge is -2.17. The predicted molar refractivity (Wildman–Crippen MR) is 142 cm³/mol. The average Bonchev–Trinajstić information content (AvgIpc) is 3.36. The molecule has 3 N–H and O–H groups in total. The highest BCUT2D eigenvalue weighted by Crippen LogP contribution is 2.41. The third-order valence-electron chi connectivity index (χ3n) is 6.28. The number of carbonyl (C=O) groups is 2. The van der Waals surface area contributed by atoms with Gasteiger partial charge in [0.25, 0.3) is 11.8 Å². The van der Waals surface area contributed by atoms with Crippen LogP contribution in [-0.2, 0) is 4.79 Å². The van der Waals surface area contributed by atoms with Crippen LogP contribution in [0.5, 0.6) is 0 Å². The summed E-state index contributed by atoms with van der Waals surface area (Å²) >= 11 is 3.54. The van der Waals surface area contributed by atoms with Crippen molar-refractivity contribution in [2.75, 3.05) is 31.5 Å². The molecule has 0 unspecified atom stereocenters. The van der Waals surface area contributed by atoms with Crippen molar-refractivity contribution in [1.82, 2.24) is 15.2 Å². The number of amides is 2. The van der Waals surface area contributed by atoms with Crippen LogP contribution in [0.1, 0.15) is 41.0 Å². The van der Waals surface area contributed by atoms with Gasteiger partial charge >= 0.3 is 0 Å². The van der Waals surface area contributed by atoms with Crippen LogP contribution >= 0.6 is 15.9 Å². The van der Waals surface area contributed by atoms with Gasteiger partial charge in [-0.05, 0) is 61.0 Å². The zero-order valence-electron chi connectivity index (χ0n) is 19.7. The zero-order valence-corrected chi connectivity index (χ0v) is 21.3. The van der Waals surface area contributed by atoms with E-state index in [9.17, 15) is 9.59 Å². The Morgan fingerprint density at radius 1 is 1.15 bits per heavy atom. The molecule has 3 aromatic rings. The van der Waals surface area contributed by atoms with Gasteiger partial charge in [-0.2, -0.15) is 0 Å². The van der Waals surface area contributed by atoms with Crippen LogP contribution in [0.25, 0.3) is 22.8 Å². The van der Waals surface area contributed by atoms with Crippen molar-refractivity contribution in [2.45, 2.75) is 20.8 Å². The summed E-state index contributed by atoms with van der Waals surface area (Å²) in [5, 5.41) is 5.98. The smallest absolute Gasteiger partial charge is 0.256 e. The Bertz CT molecular complexity index is 1260. The summed E-state index contributed by atoms with van der Waals surface area (Å²) < 4.78 is 0.974.